The van der Waals surface area contributed by atoms with Gasteiger partial charge in [-0.1, -0.05) is 0 Å². The SMILES string of the molecule is COC(=O)COc1c(Br)cc(/C=C2\SC(=O)N(CC(=O)N3CCCCC3)C2=O)cc1Br. The van der Waals surface area contributed by atoms with Gasteiger partial charge in [0, 0.05) is 13.1 Å². The molecule has 0 aromatic heterocycles. The molecule has 0 saturated carbocycles. The van der Waals surface area contributed by atoms with Gasteiger partial charge in [0.25, 0.3) is 11.1 Å². The first-order valence-corrected chi connectivity index (χ1v) is 11.9. The van der Waals surface area contributed by atoms with Crippen LogP contribution in [-0.2, 0) is 19.1 Å². The highest BCUT2D eigenvalue weighted by Crippen LogP contribution is 2.37. The van der Waals surface area contributed by atoms with E-state index in [2.05, 4.69) is 36.6 Å². The van der Waals surface area contributed by atoms with E-state index in [4.69, 9.17) is 4.74 Å². The Morgan fingerprint density at radius 1 is 1.13 bits per heavy atom. The maximum absolute atomic E-state index is 12.7. The normalized spacial score (nSPS) is 18.0. The molecule has 2 aliphatic rings. The number of hydrogen-bond donors (Lipinski definition) is 0. The fourth-order valence-electron chi connectivity index (χ4n) is 3.16. The number of thioether (sulfide) groups is 1. The zero-order valence-electron chi connectivity index (χ0n) is 16.7. The lowest BCUT2D eigenvalue weighted by atomic mass is 10.1. The molecule has 0 radical (unpaired) electrons. The molecule has 11 heteroatoms. The zero-order chi connectivity index (χ0) is 22.5. The number of nitrogens with zero attached hydrogens (tertiary/aromatic N) is 2. The smallest absolute Gasteiger partial charge is 0.343 e. The van der Waals surface area contributed by atoms with Gasteiger partial charge in [-0.05, 0) is 86.7 Å². The summed E-state index contributed by atoms with van der Waals surface area (Å²) in [5.74, 6) is -0.807. The average Bonchev–Trinajstić information content (AvgIpc) is 3.00. The molecule has 0 spiro atoms. The summed E-state index contributed by atoms with van der Waals surface area (Å²) < 4.78 is 11.1. The van der Waals surface area contributed by atoms with Crippen LogP contribution in [0.25, 0.3) is 6.08 Å². The number of amides is 3. The topological polar surface area (TPSA) is 93.2 Å². The highest BCUT2D eigenvalue weighted by Gasteiger charge is 2.37. The van der Waals surface area contributed by atoms with Crippen molar-refractivity contribution in [1.82, 2.24) is 9.80 Å². The summed E-state index contributed by atoms with van der Waals surface area (Å²) >= 11 is 7.56. The van der Waals surface area contributed by atoms with Crippen molar-refractivity contribution in [3.63, 3.8) is 0 Å². The molecule has 3 rings (SSSR count). The standard InChI is InChI=1S/C20H20Br2N2O6S/c1-29-17(26)11-30-18-13(21)7-12(8-14(18)22)9-15-19(27)24(20(28)31-15)10-16(25)23-5-3-2-4-6-23/h7-9H,2-6,10-11H2,1H3/b15-9-. The van der Waals surface area contributed by atoms with E-state index < -0.39 is 17.1 Å². The van der Waals surface area contributed by atoms with E-state index in [1.807, 2.05) is 0 Å². The molecule has 0 bridgehead atoms. The van der Waals surface area contributed by atoms with Gasteiger partial charge < -0.3 is 14.4 Å². The van der Waals surface area contributed by atoms with Crippen molar-refractivity contribution < 1.29 is 28.7 Å². The van der Waals surface area contributed by atoms with Crippen LogP contribution in [0.1, 0.15) is 24.8 Å². The molecular weight excluding hydrogens is 556 g/mol. The lowest BCUT2D eigenvalue weighted by Gasteiger charge is -2.27. The van der Waals surface area contributed by atoms with Crippen LogP contribution in [0.5, 0.6) is 5.75 Å². The molecule has 1 aromatic rings. The molecule has 2 heterocycles. The van der Waals surface area contributed by atoms with Crippen LogP contribution >= 0.6 is 43.6 Å². The molecule has 31 heavy (non-hydrogen) atoms. The number of rotatable bonds is 6. The summed E-state index contributed by atoms with van der Waals surface area (Å²) in [5.41, 5.74) is 0.636. The summed E-state index contributed by atoms with van der Waals surface area (Å²) in [4.78, 5) is 51.8. The highest BCUT2D eigenvalue weighted by molar-refractivity contribution is 9.11. The number of imide groups is 1. The Hall–Kier alpha value is -1.85. The fourth-order valence-corrected chi connectivity index (χ4v) is 5.45. The van der Waals surface area contributed by atoms with E-state index >= 15 is 0 Å². The number of piperidine rings is 1. The summed E-state index contributed by atoms with van der Waals surface area (Å²) in [5, 5.41) is -0.460. The largest absolute Gasteiger partial charge is 0.480 e. The summed E-state index contributed by atoms with van der Waals surface area (Å²) in [7, 11) is 1.27. The van der Waals surface area contributed by atoms with Crippen LogP contribution in [-0.4, -0.2) is 66.2 Å². The van der Waals surface area contributed by atoms with Gasteiger partial charge in [0.2, 0.25) is 5.91 Å². The number of esters is 1. The molecule has 8 nitrogen and oxygen atoms in total. The number of halogens is 2. The van der Waals surface area contributed by atoms with Gasteiger partial charge in [-0.3, -0.25) is 19.3 Å². The second-order valence-corrected chi connectivity index (χ2v) is 9.59. The van der Waals surface area contributed by atoms with Crippen molar-refractivity contribution in [2.45, 2.75) is 19.3 Å². The molecule has 3 amide bonds. The van der Waals surface area contributed by atoms with Crippen LogP contribution < -0.4 is 4.74 Å². The van der Waals surface area contributed by atoms with Gasteiger partial charge in [0.15, 0.2) is 6.61 Å². The molecule has 2 aliphatic heterocycles. The molecule has 0 unspecified atom stereocenters. The van der Waals surface area contributed by atoms with E-state index in [0.717, 1.165) is 35.9 Å². The van der Waals surface area contributed by atoms with E-state index in [-0.39, 0.29) is 24.0 Å². The van der Waals surface area contributed by atoms with Crippen LogP contribution in [0.3, 0.4) is 0 Å². The summed E-state index contributed by atoms with van der Waals surface area (Å²) in [6.07, 6.45) is 4.55. The molecular formula is C20H20Br2N2O6S. The second kappa shape index (κ2) is 10.6. The van der Waals surface area contributed by atoms with Gasteiger partial charge in [-0.25, -0.2) is 4.79 Å². The van der Waals surface area contributed by atoms with Crippen molar-refractivity contribution in [2.24, 2.45) is 0 Å². The van der Waals surface area contributed by atoms with Gasteiger partial charge in [0.1, 0.15) is 12.3 Å². The molecule has 1 aromatic carbocycles. The van der Waals surface area contributed by atoms with Crippen LogP contribution in [0, 0.1) is 0 Å². The summed E-state index contributed by atoms with van der Waals surface area (Å²) in [6, 6.07) is 3.40. The molecule has 0 N–H and O–H groups in total. The minimum Gasteiger partial charge on any atom is -0.480 e. The number of carbonyl (C=O) groups is 4. The number of ether oxygens (including phenoxy) is 2. The van der Waals surface area contributed by atoms with E-state index in [0.29, 0.717) is 33.3 Å². The zero-order valence-corrected chi connectivity index (χ0v) is 20.7. The second-order valence-electron chi connectivity index (χ2n) is 6.89. The lowest BCUT2D eigenvalue weighted by molar-refractivity contribution is -0.143. The number of methoxy groups -OCH3 is 1. The van der Waals surface area contributed by atoms with Crippen molar-refractivity contribution in [3.05, 3.63) is 31.5 Å². The van der Waals surface area contributed by atoms with Gasteiger partial charge >= 0.3 is 5.97 Å². The number of benzene rings is 1. The van der Waals surface area contributed by atoms with Crippen molar-refractivity contribution >= 4 is 72.7 Å². The minimum absolute atomic E-state index is 0.208. The number of hydrogen-bond acceptors (Lipinski definition) is 7. The maximum Gasteiger partial charge on any atom is 0.343 e. The lowest BCUT2D eigenvalue weighted by Crippen LogP contribution is -2.44. The summed E-state index contributed by atoms with van der Waals surface area (Å²) in [6.45, 7) is 0.835. The first kappa shape index (κ1) is 23.8. The molecule has 2 saturated heterocycles. The monoisotopic (exact) mass is 574 g/mol. The Morgan fingerprint density at radius 3 is 2.39 bits per heavy atom. The van der Waals surface area contributed by atoms with Crippen LogP contribution in [0.4, 0.5) is 4.79 Å². The minimum atomic E-state index is -0.518. The first-order valence-electron chi connectivity index (χ1n) is 9.52. The number of carbonyl (C=O) groups excluding carboxylic acids is 4. The maximum atomic E-state index is 12.7. The highest BCUT2D eigenvalue weighted by atomic mass is 79.9. The van der Waals surface area contributed by atoms with Gasteiger partial charge in [0.05, 0.1) is 21.0 Å². The van der Waals surface area contributed by atoms with E-state index in [1.165, 1.54) is 7.11 Å². The molecule has 2 fully saturated rings. The third-order valence-electron chi connectivity index (χ3n) is 4.76. The average molecular weight is 576 g/mol. The van der Waals surface area contributed by atoms with E-state index in [9.17, 15) is 19.2 Å². The third kappa shape index (κ3) is 5.89. The van der Waals surface area contributed by atoms with Gasteiger partial charge in [-0.15, -0.1) is 0 Å². The van der Waals surface area contributed by atoms with Crippen molar-refractivity contribution in [3.8, 4) is 5.75 Å². The predicted molar refractivity (Wildman–Crippen MR) is 122 cm³/mol. The quantitative estimate of drug-likeness (QED) is 0.376. The Labute approximate surface area is 200 Å². The fraction of sp³-hybridized carbons (Fsp3) is 0.400. The molecule has 0 aliphatic carbocycles. The molecule has 0 atom stereocenters. The van der Waals surface area contributed by atoms with Crippen LogP contribution in [0.15, 0.2) is 26.0 Å². The van der Waals surface area contributed by atoms with E-state index in [1.54, 1.807) is 23.1 Å². The first-order chi connectivity index (χ1) is 14.8. The van der Waals surface area contributed by atoms with Crippen molar-refractivity contribution in [1.29, 1.82) is 0 Å². The Kier molecular flexibility index (Phi) is 8.17. The Morgan fingerprint density at radius 2 is 1.77 bits per heavy atom. The molecule has 166 valence electrons. The van der Waals surface area contributed by atoms with Crippen LogP contribution in [0.2, 0.25) is 0 Å². The Bertz CT molecular complexity index is 923. The number of likely N-dealkylation sites (tertiary alicyclic amines) is 1. The van der Waals surface area contributed by atoms with Crippen molar-refractivity contribution in [2.75, 3.05) is 33.4 Å². The van der Waals surface area contributed by atoms with Gasteiger partial charge in [-0.2, -0.15) is 0 Å². The Balaban J connectivity index is 1.71. The third-order valence-corrected chi connectivity index (χ3v) is 6.84. The predicted octanol–water partition coefficient (Wildman–Crippen LogP) is 3.81.